The van der Waals surface area contributed by atoms with Crippen LogP contribution in [0.3, 0.4) is 0 Å². The zero-order valence-corrected chi connectivity index (χ0v) is 11.2. The van der Waals surface area contributed by atoms with Gasteiger partial charge in [0.1, 0.15) is 5.75 Å². The molecule has 1 aromatic rings. The lowest BCUT2D eigenvalue weighted by Gasteiger charge is -2.36. The highest BCUT2D eigenvalue weighted by molar-refractivity contribution is 7.99. The minimum Gasteiger partial charge on any atom is -0.495 e. The lowest BCUT2D eigenvalue weighted by atomic mass is 10.1. The fourth-order valence-corrected chi connectivity index (χ4v) is 3.49. The van der Waals surface area contributed by atoms with E-state index in [1.165, 1.54) is 10.5 Å². The Hall–Kier alpha value is -1.34. The molecule has 0 bridgehead atoms. The summed E-state index contributed by atoms with van der Waals surface area (Å²) in [6.07, 6.45) is 0.556. The summed E-state index contributed by atoms with van der Waals surface area (Å²) >= 11 is 1.82. The predicted octanol–water partition coefficient (Wildman–Crippen LogP) is 2.83. The Labute approximate surface area is 106 Å². The first-order valence-electron chi connectivity index (χ1n) is 5.59. The summed E-state index contributed by atoms with van der Waals surface area (Å²) in [4.78, 5) is 3.46. The van der Waals surface area contributed by atoms with Gasteiger partial charge in [0.05, 0.1) is 31.3 Å². The Balaban J connectivity index is 2.46. The van der Waals surface area contributed by atoms with E-state index in [2.05, 4.69) is 24.0 Å². The first-order chi connectivity index (χ1) is 8.19. The number of ether oxygens (including phenoxy) is 1. The van der Waals surface area contributed by atoms with E-state index in [9.17, 15) is 0 Å². The number of benzene rings is 1. The molecule has 1 aliphatic rings. The molecule has 0 fully saturated rings. The van der Waals surface area contributed by atoms with Gasteiger partial charge in [-0.2, -0.15) is 5.26 Å². The van der Waals surface area contributed by atoms with Gasteiger partial charge in [-0.15, -0.1) is 11.8 Å². The van der Waals surface area contributed by atoms with Crippen molar-refractivity contribution in [3.05, 3.63) is 17.7 Å². The van der Waals surface area contributed by atoms with Crippen LogP contribution >= 0.6 is 11.8 Å². The number of hydrogen-bond acceptors (Lipinski definition) is 4. The van der Waals surface area contributed by atoms with Crippen molar-refractivity contribution in [3.63, 3.8) is 0 Å². The second-order valence-electron chi connectivity index (χ2n) is 4.20. The molecule has 1 aromatic carbocycles. The summed E-state index contributed by atoms with van der Waals surface area (Å²) in [5, 5.41) is 8.85. The van der Waals surface area contributed by atoms with Crippen molar-refractivity contribution in [1.82, 2.24) is 0 Å². The molecule has 1 aliphatic heterocycles. The van der Waals surface area contributed by atoms with Crippen LogP contribution in [0.25, 0.3) is 0 Å². The number of methoxy groups -OCH3 is 1. The molecule has 0 amide bonds. The molecule has 17 heavy (non-hydrogen) atoms. The number of fused-ring (bicyclic) bond motifs is 1. The molecule has 0 saturated heterocycles. The maximum absolute atomic E-state index is 8.85. The van der Waals surface area contributed by atoms with Crippen molar-refractivity contribution in [2.45, 2.75) is 24.3 Å². The van der Waals surface area contributed by atoms with Gasteiger partial charge in [0, 0.05) is 17.7 Å². The van der Waals surface area contributed by atoms with E-state index in [4.69, 9.17) is 10.00 Å². The van der Waals surface area contributed by atoms with Crippen LogP contribution in [0.15, 0.2) is 17.0 Å². The highest BCUT2D eigenvalue weighted by atomic mass is 32.2. The van der Waals surface area contributed by atoms with Crippen molar-refractivity contribution < 1.29 is 4.74 Å². The minimum atomic E-state index is 0.271. The van der Waals surface area contributed by atoms with Gasteiger partial charge in [0.25, 0.3) is 0 Å². The highest BCUT2D eigenvalue weighted by Gasteiger charge is 2.27. The fourth-order valence-electron chi connectivity index (χ4n) is 2.11. The molecule has 0 radical (unpaired) electrons. The summed E-state index contributed by atoms with van der Waals surface area (Å²) in [6, 6.07) is 6.61. The Kier molecular flexibility index (Phi) is 3.49. The lowest BCUT2D eigenvalue weighted by Crippen LogP contribution is -2.36. The lowest BCUT2D eigenvalue weighted by molar-refractivity contribution is 0.412. The summed E-state index contributed by atoms with van der Waals surface area (Å²) in [6.45, 7) is 2.11. The number of nitrogens with zero attached hydrogens (tertiary/aromatic N) is 2. The molecule has 1 atom stereocenters. The van der Waals surface area contributed by atoms with Gasteiger partial charge in [0.15, 0.2) is 0 Å². The van der Waals surface area contributed by atoms with Crippen LogP contribution in [-0.2, 0) is 0 Å². The van der Waals surface area contributed by atoms with Crippen LogP contribution in [0.5, 0.6) is 5.75 Å². The number of thioether (sulfide) groups is 1. The second kappa shape index (κ2) is 4.89. The van der Waals surface area contributed by atoms with Gasteiger partial charge in [-0.3, -0.25) is 0 Å². The molecule has 1 unspecified atom stereocenters. The smallest absolute Gasteiger partial charge is 0.143 e. The van der Waals surface area contributed by atoms with Gasteiger partial charge < -0.3 is 9.64 Å². The third-order valence-corrected chi connectivity index (χ3v) is 4.51. The molecular formula is C13H16N2OS. The number of rotatable bonds is 2. The number of aryl methyl sites for hydroxylation is 1. The molecule has 1 heterocycles. The topological polar surface area (TPSA) is 36.3 Å². The summed E-state index contributed by atoms with van der Waals surface area (Å²) in [7, 11) is 3.74. The minimum absolute atomic E-state index is 0.271. The third kappa shape index (κ3) is 2.07. The van der Waals surface area contributed by atoms with E-state index in [-0.39, 0.29) is 6.04 Å². The normalized spacial score (nSPS) is 18.5. The monoisotopic (exact) mass is 248 g/mol. The highest BCUT2D eigenvalue weighted by Crippen LogP contribution is 2.45. The molecule has 3 nitrogen and oxygen atoms in total. The molecule has 90 valence electrons. The Morgan fingerprint density at radius 2 is 2.35 bits per heavy atom. The van der Waals surface area contributed by atoms with E-state index in [1.54, 1.807) is 7.11 Å². The van der Waals surface area contributed by atoms with Crippen molar-refractivity contribution in [2.75, 3.05) is 24.8 Å². The van der Waals surface area contributed by atoms with Crippen LogP contribution < -0.4 is 9.64 Å². The maximum Gasteiger partial charge on any atom is 0.143 e. The van der Waals surface area contributed by atoms with Crippen molar-refractivity contribution in [3.8, 4) is 11.8 Å². The fraction of sp³-hybridized carbons (Fsp3) is 0.462. The summed E-state index contributed by atoms with van der Waals surface area (Å²) in [5.74, 6) is 1.86. The quantitative estimate of drug-likeness (QED) is 0.806. The zero-order valence-electron chi connectivity index (χ0n) is 10.4. The first-order valence-corrected chi connectivity index (χ1v) is 6.57. The summed E-state index contributed by atoms with van der Waals surface area (Å²) in [5.41, 5.74) is 2.40. The maximum atomic E-state index is 8.85. The van der Waals surface area contributed by atoms with Crippen LogP contribution in [0.4, 0.5) is 5.69 Å². The van der Waals surface area contributed by atoms with E-state index >= 15 is 0 Å². The molecule has 0 aliphatic carbocycles. The zero-order chi connectivity index (χ0) is 12.4. The molecular weight excluding hydrogens is 232 g/mol. The average molecular weight is 248 g/mol. The van der Waals surface area contributed by atoms with Crippen LogP contribution in [0.1, 0.15) is 12.0 Å². The van der Waals surface area contributed by atoms with Gasteiger partial charge in [-0.05, 0) is 18.6 Å². The van der Waals surface area contributed by atoms with E-state index in [0.29, 0.717) is 6.42 Å². The molecule has 0 saturated carbocycles. The SMILES string of the molecule is COc1ccc(C)c2c1N(C)C(CC#N)CS2. The van der Waals surface area contributed by atoms with Crippen LogP contribution in [0, 0.1) is 18.3 Å². The van der Waals surface area contributed by atoms with Crippen LogP contribution in [0.2, 0.25) is 0 Å². The number of nitriles is 1. The molecule has 0 spiro atoms. The largest absolute Gasteiger partial charge is 0.495 e. The van der Waals surface area contributed by atoms with Crippen molar-refractivity contribution in [2.24, 2.45) is 0 Å². The number of anilines is 1. The molecule has 4 heteroatoms. The standard InChI is InChI=1S/C13H16N2OS/c1-9-4-5-11(16-3)12-13(9)17-8-10(6-7-14)15(12)2/h4-5,10H,6,8H2,1-3H3. The second-order valence-corrected chi connectivity index (χ2v) is 5.23. The van der Waals surface area contributed by atoms with E-state index in [1.807, 2.05) is 24.9 Å². The van der Waals surface area contributed by atoms with Gasteiger partial charge >= 0.3 is 0 Å². The van der Waals surface area contributed by atoms with Crippen molar-refractivity contribution >= 4 is 17.4 Å². The van der Waals surface area contributed by atoms with Crippen molar-refractivity contribution in [1.29, 1.82) is 5.26 Å². The summed E-state index contributed by atoms with van der Waals surface area (Å²) < 4.78 is 5.43. The van der Waals surface area contributed by atoms with Gasteiger partial charge in [-0.25, -0.2) is 0 Å². The van der Waals surface area contributed by atoms with Gasteiger partial charge in [-0.1, -0.05) is 6.07 Å². The van der Waals surface area contributed by atoms with E-state index in [0.717, 1.165) is 17.2 Å². The molecule has 0 aromatic heterocycles. The Morgan fingerprint density at radius 1 is 1.59 bits per heavy atom. The van der Waals surface area contributed by atoms with Crippen LogP contribution in [-0.4, -0.2) is 26.0 Å². The Morgan fingerprint density at radius 3 is 3.00 bits per heavy atom. The molecule has 0 N–H and O–H groups in total. The number of hydrogen-bond donors (Lipinski definition) is 0. The predicted molar refractivity (Wildman–Crippen MR) is 70.9 cm³/mol. The Bertz CT molecular complexity index is 467. The molecule has 2 rings (SSSR count). The van der Waals surface area contributed by atoms with E-state index < -0.39 is 0 Å². The first kappa shape index (κ1) is 12.1. The average Bonchev–Trinajstić information content (AvgIpc) is 2.34. The third-order valence-electron chi connectivity index (χ3n) is 3.16. The van der Waals surface area contributed by atoms with Gasteiger partial charge in [0.2, 0.25) is 0 Å².